The normalized spacial score (nSPS) is 31.1. The van der Waals surface area contributed by atoms with E-state index >= 15 is 0 Å². The predicted molar refractivity (Wildman–Crippen MR) is 116 cm³/mol. The number of amides is 1. The number of hydrogen-bond acceptors (Lipinski definition) is 4. The van der Waals surface area contributed by atoms with Crippen molar-refractivity contribution in [3.63, 3.8) is 0 Å². The van der Waals surface area contributed by atoms with Crippen molar-refractivity contribution in [2.75, 3.05) is 0 Å². The highest BCUT2D eigenvalue weighted by Gasteiger charge is 2.53. The molecule has 0 aromatic heterocycles. The SMILES string of the molecule is CCC(C)NC(=O)C1=CCC2C3CCc4cc(OS(N)(=O)=O)ccc4C3CCC12C. The zero-order chi connectivity index (χ0) is 21.7. The van der Waals surface area contributed by atoms with Gasteiger partial charge in [-0.15, -0.1) is 0 Å². The first-order valence-electron chi connectivity index (χ1n) is 11.0. The average molecular weight is 433 g/mol. The summed E-state index contributed by atoms with van der Waals surface area (Å²) < 4.78 is 27.4. The van der Waals surface area contributed by atoms with Crippen molar-refractivity contribution < 1.29 is 17.4 Å². The summed E-state index contributed by atoms with van der Waals surface area (Å²) in [4.78, 5) is 12.9. The van der Waals surface area contributed by atoms with E-state index in [0.717, 1.165) is 49.7 Å². The van der Waals surface area contributed by atoms with Crippen molar-refractivity contribution in [3.05, 3.63) is 41.0 Å². The average Bonchev–Trinajstić information content (AvgIpc) is 3.03. The lowest BCUT2D eigenvalue weighted by molar-refractivity contribution is -0.119. The highest BCUT2D eigenvalue weighted by Crippen LogP contribution is 2.61. The van der Waals surface area contributed by atoms with Crippen LogP contribution < -0.4 is 14.6 Å². The summed E-state index contributed by atoms with van der Waals surface area (Å²) >= 11 is 0. The molecule has 1 aromatic rings. The summed E-state index contributed by atoms with van der Waals surface area (Å²) in [5, 5.41) is 8.17. The number of allylic oxidation sites excluding steroid dienone is 1. The minimum Gasteiger partial charge on any atom is -0.371 e. The molecule has 164 valence electrons. The Balaban J connectivity index is 1.55. The van der Waals surface area contributed by atoms with Crippen LogP contribution in [-0.2, 0) is 21.5 Å². The summed E-state index contributed by atoms with van der Waals surface area (Å²) in [6.07, 6.45) is 8.04. The quantitative estimate of drug-likeness (QED) is 0.743. The van der Waals surface area contributed by atoms with Gasteiger partial charge in [-0.25, -0.2) is 0 Å². The Morgan fingerprint density at radius 2 is 2.13 bits per heavy atom. The van der Waals surface area contributed by atoms with Crippen molar-refractivity contribution in [2.24, 2.45) is 22.4 Å². The van der Waals surface area contributed by atoms with Crippen LogP contribution >= 0.6 is 0 Å². The number of carbonyl (C=O) groups excluding carboxylic acids is 1. The molecule has 3 N–H and O–H groups in total. The molecule has 0 saturated heterocycles. The van der Waals surface area contributed by atoms with E-state index in [4.69, 9.17) is 9.32 Å². The molecule has 1 aromatic carbocycles. The Hall–Kier alpha value is -1.86. The topological polar surface area (TPSA) is 98.5 Å². The molecular formula is C23H32N2O4S. The van der Waals surface area contributed by atoms with Crippen LogP contribution in [0.15, 0.2) is 29.8 Å². The summed E-state index contributed by atoms with van der Waals surface area (Å²) in [5.74, 6) is 1.84. The van der Waals surface area contributed by atoms with Crippen LogP contribution in [0.25, 0.3) is 0 Å². The third kappa shape index (κ3) is 3.78. The Bertz CT molecular complexity index is 987. The third-order valence-electron chi connectivity index (χ3n) is 7.73. The molecule has 3 aliphatic rings. The number of nitrogens with one attached hydrogen (secondary N) is 1. The predicted octanol–water partition coefficient (Wildman–Crippen LogP) is 3.58. The van der Waals surface area contributed by atoms with E-state index < -0.39 is 10.3 Å². The Labute approximate surface area is 179 Å². The Morgan fingerprint density at radius 3 is 2.83 bits per heavy atom. The molecule has 4 rings (SSSR count). The number of nitrogens with two attached hydrogens (primary N) is 1. The lowest BCUT2D eigenvalue weighted by Gasteiger charge is -2.50. The number of benzene rings is 1. The zero-order valence-electron chi connectivity index (χ0n) is 18.0. The van der Waals surface area contributed by atoms with Crippen molar-refractivity contribution in [3.8, 4) is 5.75 Å². The van der Waals surface area contributed by atoms with Gasteiger partial charge in [0, 0.05) is 17.0 Å². The molecule has 0 spiro atoms. The van der Waals surface area contributed by atoms with Gasteiger partial charge >= 0.3 is 10.3 Å². The number of fused-ring (bicyclic) bond motifs is 5. The maximum absolute atomic E-state index is 12.9. The van der Waals surface area contributed by atoms with Crippen LogP contribution in [0.5, 0.6) is 5.75 Å². The fraction of sp³-hybridized carbons (Fsp3) is 0.609. The molecule has 5 atom stereocenters. The summed E-state index contributed by atoms with van der Waals surface area (Å²) in [5.41, 5.74) is 3.37. The largest absolute Gasteiger partial charge is 0.380 e. The van der Waals surface area contributed by atoms with Gasteiger partial charge in [0.1, 0.15) is 5.75 Å². The van der Waals surface area contributed by atoms with E-state index in [2.05, 4.69) is 32.2 Å². The summed E-state index contributed by atoms with van der Waals surface area (Å²) in [6.45, 7) is 6.42. The Kier molecular flexibility index (Phi) is 5.47. The third-order valence-corrected chi connectivity index (χ3v) is 8.15. The van der Waals surface area contributed by atoms with Gasteiger partial charge < -0.3 is 9.50 Å². The molecule has 30 heavy (non-hydrogen) atoms. The first kappa shape index (κ1) is 21.4. The van der Waals surface area contributed by atoms with Gasteiger partial charge in [0.2, 0.25) is 5.91 Å². The van der Waals surface area contributed by atoms with E-state index in [0.29, 0.717) is 17.8 Å². The van der Waals surface area contributed by atoms with Crippen molar-refractivity contribution >= 4 is 16.2 Å². The van der Waals surface area contributed by atoms with Crippen LogP contribution in [0.1, 0.15) is 69.9 Å². The molecule has 0 heterocycles. The minimum atomic E-state index is -4.02. The first-order valence-corrected chi connectivity index (χ1v) is 12.5. The van der Waals surface area contributed by atoms with E-state index in [-0.39, 0.29) is 23.1 Å². The monoisotopic (exact) mass is 432 g/mol. The van der Waals surface area contributed by atoms with E-state index in [9.17, 15) is 13.2 Å². The van der Waals surface area contributed by atoms with Gasteiger partial charge in [0.05, 0.1) is 0 Å². The van der Waals surface area contributed by atoms with Gasteiger partial charge in [0.15, 0.2) is 0 Å². The number of hydrogen-bond donors (Lipinski definition) is 2. The van der Waals surface area contributed by atoms with Crippen LogP contribution in [0.3, 0.4) is 0 Å². The molecule has 1 amide bonds. The van der Waals surface area contributed by atoms with Crippen molar-refractivity contribution in [1.82, 2.24) is 5.32 Å². The number of carbonyl (C=O) groups is 1. The highest BCUT2D eigenvalue weighted by atomic mass is 32.2. The lowest BCUT2D eigenvalue weighted by Crippen LogP contribution is -2.44. The van der Waals surface area contributed by atoms with Gasteiger partial charge in [-0.05, 0) is 86.5 Å². The van der Waals surface area contributed by atoms with Crippen LogP contribution in [0.2, 0.25) is 0 Å². The molecule has 5 unspecified atom stereocenters. The molecule has 7 heteroatoms. The summed E-state index contributed by atoms with van der Waals surface area (Å²) in [7, 11) is -4.02. The van der Waals surface area contributed by atoms with Crippen molar-refractivity contribution in [1.29, 1.82) is 0 Å². The van der Waals surface area contributed by atoms with Gasteiger partial charge in [-0.3, -0.25) is 4.79 Å². The molecule has 6 nitrogen and oxygen atoms in total. The second kappa shape index (κ2) is 7.68. The van der Waals surface area contributed by atoms with Gasteiger partial charge in [-0.2, -0.15) is 13.6 Å². The fourth-order valence-corrected chi connectivity index (χ4v) is 6.44. The van der Waals surface area contributed by atoms with Gasteiger partial charge in [-0.1, -0.05) is 26.0 Å². The maximum Gasteiger partial charge on any atom is 0.380 e. The standard InChI is InChI=1S/C23H32N2O4S/c1-4-14(2)25-22(26)21-10-9-20-19-7-5-15-13-16(29-30(24,27)28)6-8-17(15)18(19)11-12-23(20,21)3/h6,8,10,13-14,18-20H,4-5,7,9,11-12H2,1-3H3,(H,25,26)(H2,24,27,28). The second-order valence-electron chi connectivity index (χ2n) is 9.44. The van der Waals surface area contributed by atoms with E-state index in [1.54, 1.807) is 6.07 Å². The number of aryl methyl sites for hydroxylation is 1. The summed E-state index contributed by atoms with van der Waals surface area (Å²) in [6, 6.07) is 5.72. The molecule has 0 aliphatic heterocycles. The lowest BCUT2D eigenvalue weighted by atomic mass is 9.54. The smallest absolute Gasteiger partial charge is 0.371 e. The fourth-order valence-electron chi connectivity index (χ4n) is 6.07. The first-order chi connectivity index (χ1) is 14.1. The molecule has 1 fully saturated rings. The Morgan fingerprint density at radius 1 is 1.37 bits per heavy atom. The molecule has 0 bridgehead atoms. The second-order valence-corrected chi connectivity index (χ2v) is 10.6. The van der Waals surface area contributed by atoms with Crippen LogP contribution in [0, 0.1) is 17.3 Å². The minimum absolute atomic E-state index is 0.0626. The van der Waals surface area contributed by atoms with Crippen LogP contribution in [0.4, 0.5) is 0 Å². The molecule has 0 radical (unpaired) electrons. The zero-order valence-corrected chi connectivity index (χ0v) is 18.8. The molecular weight excluding hydrogens is 400 g/mol. The number of rotatable bonds is 5. The van der Waals surface area contributed by atoms with E-state index in [1.165, 1.54) is 5.56 Å². The highest BCUT2D eigenvalue weighted by molar-refractivity contribution is 7.84. The molecule has 1 saturated carbocycles. The maximum atomic E-state index is 12.9. The molecule has 3 aliphatic carbocycles. The van der Waals surface area contributed by atoms with E-state index in [1.807, 2.05) is 12.1 Å². The van der Waals surface area contributed by atoms with Crippen LogP contribution in [-0.4, -0.2) is 20.4 Å². The van der Waals surface area contributed by atoms with Gasteiger partial charge in [0.25, 0.3) is 0 Å². The van der Waals surface area contributed by atoms with Crippen molar-refractivity contribution in [2.45, 2.75) is 71.3 Å².